The van der Waals surface area contributed by atoms with Crippen molar-refractivity contribution in [1.29, 1.82) is 0 Å². The van der Waals surface area contributed by atoms with Crippen molar-refractivity contribution in [3.63, 3.8) is 0 Å². The number of piperidine rings is 1. The normalized spacial score (nSPS) is 18.1. The van der Waals surface area contributed by atoms with Gasteiger partial charge in [-0.15, -0.1) is 0 Å². The van der Waals surface area contributed by atoms with Crippen molar-refractivity contribution in [2.45, 2.75) is 32.7 Å². The predicted molar refractivity (Wildman–Crippen MR) is 177 cm³/mol. The third-order valence-electron chi connectivity index (χ3n) is 9.11. The van der Waals surface area contributed by atoms with Crippen LogP contribution >= 0.6 is 0 Å². The molecule has 0 aliphatic carbocycles. The quantitative estimate of drug-likeness (QED) is 0.169. The Bertz CT molecular complexity index is 1970. The molecule has 3 aromatic rings. The number of imide groups is 2. The number of likely N-dealkylation sites (tertiary alicyclic amines) is 1. The van der Waals surface area contributed by atoms with Crippen LogP contribution < -0.4 is 15.5 Å². The average Bonchev–Trinajstić information content (AvgIpc) is 3.60. The number of fused-ring (bicyclic) bond motifs is 2. The van der Waals surface area contributed by atoms with Crippen LogP contribution in [-0.2, 0) is 19.1 Å². The van der Waals surface area contributed by atoms with E-state index >= 15 is 0 Å². The number of aromatic amines is 1. The van der Waals surface area contributed by atoms with E-state index in [0.29, 0.717) is 51.6 Å². The van der Waals surface area contributed by atoms with Gasteiger partial charge < -0.3 is 25.3 Å². The zero-order valence-corrected chi connectivity index (χ0v) is 27.4. The Hall–Kier alpha value is -5.63. The third kappa shape index (κ3) is 5.88. The van der Waals surface area contributed by atoms with Gasteiger partial charge in [0.15, 0.2) is 0 Å². The van der Waals surface area contributed by atoms with Crippen LogP contribution in [-0.4, -0.2) is 96.7 Å². The number of rotatable bonds is 10. The van der Waals surface area contributed by atoms with Gasteiger partial charge in [-0.1, -0.05) is 6.07 Å². The monoisotopic (exact) mass is 670 g/mol. The second-order valence-electron chi connectivity index (χ2n) is 12.1. The van der Waals surface area contributed by atoms with Crippen molar-refractivity contribution in [3.8, 4) is 0 Å². The van der Waals surface area contributed by atoms with Gasteiger partial charge in [0, 0.05) is 56.2 Å². The van der Waals surface area contributed by atoms with Gasteiger partial charge in [0.25, 0.3) is 29.5 Å². The molecule has 0 radical (unpaired) electrons. The lowest BCUT2D eigenvalue weighted by Gasteiger charge is -2.32. The summed E-state index contributed by atoms with van der Waals surface area (Å²) in [6, 6.07) is 7.98. The molecule has 1 atom stereocenters. The number of ether oxygens (including phenoxy) is 1. The number of hydrogen-bond acceptors (Lipinski definition) is 8. The van der Waals surface area contributed by atoms with E-state index < -0.39 is 29.6 Å². The molecule has 4 heterocycles. The average molecular weight is 671 g/mol. The van der Waals surface area contributed by atoms with E-state index in [1.165, 1.54) is 30.1 Å². The number of aromatic nitrogens is 1. The van der Waals surface area contributed by atoms with Crippen LogP contribution in [0.3, 0.4) is 0 Å². The zero-order valence-electron chi connectivity index (χ0n) is 27.4. The summed E-state index contributed by atoms with van der Waals surface area (Å²) < 4.78 is 19.6. The fraction of sp³-hybridized carbons (Fsp3) is 0.314. The SMILES string of the molecule is Cc1[nH]c(/C=C2\C(=O)N(C)c3ccc(F)cc32)c(C)c1C(=O)NCCOCCNc1cccc2c1C(=O)N(C1CCC(=O)N(C)C1=O)C2=O. The van der Waals surface area contributed by atoms with Crippen molar-refractivity contribution in [1.82, 2.24) is 20.1 Å². The van der Waals surface area contributed by atoms with E-state index in [1.54, 1.807) is 45.2 Å². The van der Waals surface area contributed by atoms with E-state index in [4.69, 9.17) is 4.74 Å². The van der Waals surface area contributed by atoms with Gasteiger partial charge in [0.05, 0.1) is 41.2 Å². The predicted octanol–water partition coefficient (Wildman–Crippen LogP) is 2.89. The van der Waals surface area contributed by atoms with E-state index in [2.05, 4.69) is 15.6 Å². The summed E-state index contributed by atoms with van der Waals surface area (Å²) in [7, 11) is 2.97. The molecule has 3 aliphatic heterocycles. The lowest BCUT2D eigenvalue weighted by atomic mass is 10.0. The van der Waals surface area contributed by atoms with Crippen molar-refractivity contribution in [3.05, 3.63) is 81.4 Å². The van der Waals surface area contributed by atoms with Crippen LogP contribution in [0.4, 0.5) is 15.8 Å². The molecule has 0 spiro atoms. The Balaban J connectivity index is 1.01. The van der Waals surface area contributed by atoms with Crippen LogP contribution in [0.2, 0.25) is 0 Å². The highest BCUT2D eigenvalue weighted by Gasteiger charge is 2.47. The zero-order chi connectivity index (χ0) is 35.1. The van der Waals surface area contributed by atoms with Crippen LogP contribution in [0.1, 0.15) is 66.4 Å². The number of likely N-dealkylation sites (N-methyl/N-ethyl adjacent to an activating group) is 2. The Morgan fingerprint density at radius 1 is 0.980 bits per heavy atom. The number of anilines is 2. The molecule has 3 N–H and O–H groups in total. The van der Waals surface area contributed by atoms with Crippen LogP contribution in [0.5, 0.6) is 0 Å². The summed E-state index contributed by atoms with van der Waals surface area (Å²) in [6.07, 6.45) is 1.78. The number of carbonyl (C=O) groups is 6. The first-order valence-corrected chi connectivity index (χ1v) is 15.8. The Labute approximate surface area is 281 Å². The second kappa shape index (κ2) is 13.1. The molecule has 0 saturated carbocycles. The lowest BCUT2D eigenvalue weighted by molar-refractivity contribution is -0.149. The number of nitrogens with zero attached hydrogens (tertiary/aromatic N) is 3. The molecular weight excluding hydrogens is 635 g/mol. The summed E-state index contributed by atoms with van der Waals surface area (Å²) in [4.78, 5) is 83.6. The first-order chi connectivity index (χ1) is 23.4. The topological polar surface area (TPSA) is 161 Å². The highest BCUT2D eigenvalue weighted by atomic mass is 19.1. The standard InChI is InChI=1S/C35H35FN6O7/c1-18-25(17-23-22-16-20(36)8-9-26(22)40(3)32(23)45)39-19(2)29(18)31(44)38-13-15-49-14-12-37-24-7-5-6-21-30(24)35(48)42(33(21)46)27-10-11-28(43)41(4)34(27)47/h5-9,16-17,27,37,39H,10-15H2,1-4H3,(H,38,44)/b23-17-. The fourth-order valence-electron chi connectivity index (χ4n) is 6.52. The molecule has 0 bridgehead atoms. The Kier molecular flexibility index (Phi) is 8.90. The highest BCUT2D eigenvalue weighted by molar-refractivity contribution is 6.35. The molecule has 1 aromatic heterocycles. The Morgan fingerprint density at radius 3 is 2.51 bits per heavy atom. The van der Waals surface area contributed by atoms with E-state index in [9.17, 15) is 33.2 Å². The van der Waals surface area contributed by atoms with Gasteiger partial charge in [0.1, 0.15) is 11.9 Å². The summed E-state index contributed by atoms with van der Waals surface area (Å²) in [5.74, 6) is -3.15. The van der Waals surface area contributed by atoms with Gasteiger partial charge in [-0.05, 0) is 62.2 Å². The molecule has 49 heavy (non-hydrogen) atoms. The second-order valence-corrected chi connectivity index (χ2v) is 12.1. The Morgan fingerprint density at radius 2 is 1.73 bits per heavy atom. The number of carbonyl (C=O) groups excluding carboxylic acids is 6. The van der Waals surface area contributed by atoms with E-state index in [1.807, 2.05) is 0 Å². The van der Waals surface area contributed by atoms with Crippen LogP contribution in [0, 0.1) is 19.7 Å². The minimum absolute atomic E-state index is 0.0612. The van der Waals surface area contributed by atoms with Crippen molar-refractivity contribution in [2.24, 2.45) is 0 Å². The summed E-state index contributed by atoms with van der Waals surface area (Å²) >= 11 is 0. The number of benzene rings is 2. The number of nitrogens with one attached hydrogen (secondary N) is 3. The first kappa shape index (κ1) is 33.3. The molecule has 6 rings (SSSR count). The smallest absolute Gasteiger partial charge is 0.264 e. The van der Waals surface area contributed by atoms with Crippen LogP contribution in [0.15, 0.2) is 36.4 Å². The van der Waals surface area contributed by atoms with E-state index in [-0.39, 0.29) is 61.4 Å². The number of hydrogen-bond donors (Lipinski definition) is 3. The fourth-order valence-corrected chi connectivity index (χ4v) is 6.52. The van der Waals surface area contributed by atoms with Crippen molar-refractivity contribution in [2.75, 3.05) is 50.6 Å². The highest BCUT2D eigenvalue weighted by Crippen LogP contribution is 2.38. The summed E-state index contributed by atoms with van der Waals surface area (Å²) in [5.41, 5.74) is 4.45. The molecule has 254 valence electrons. The molecule has 3 aliphatic rings. The number of halogens is 1. The van der Waals surface area contributed by atoms with Gasteiger partial charge >= 0.3 is 0 Å². The number of amides is 6. The van der Waals surface area contributed by atoms with E-state index in [0.717, 1.165) is 9.80 Å². The van der Waals surface area contributed by atoms with Gasteiger partial charge in [-0.2, -0.15) is 0 Å². The molecular formula is C35H35FN6O7. The van der Waals surface area contributed by atoms with Crippen LogP contribution in [0.25, 0.3) is 11.6 Å². The minimum Gasteiger partial charge on any atom is -0.382 e. The van der Waals surface area contributed by atoms with Crippen molar-refractivity contribution < 1.29 is 37.9 Å². The summed E-state index contributed by atoms with van der Waals surface area (Å²) in [5, 5.41) is 5.95. The maximum absolute atomic E-state index is 14.0. The van der Waals surface area contributed by atoms with Crippen molar-refractivity contribution >= 4 is 58.5 Å². The molecule has 2 aromatic carbocycles. The molecule has 6 amide bonds. The van der Waals surface area contributed by atoms with Gasteiger partial charge in [-0.25, -0.2) is 4.39 Å². The maximum Gasteiger partial charge on any atom is 0.264 e. The van der Waals surface area contributed by atoms with Gasteiger partial charge in [-0.3, -0.25) is 38.6 Å². The number of H-pyrrole nitrogens is 1. The first-order valence-electron chi connectivity index (χ1n) is 15.8. The molecule has 1 fully saturated rings. The third-order valence-corrected chi connectivity index (χ3v) is 9.11. The molecule has 1 saturated heterocycles. The number of aryl methyl sites for hydroxylation is 1. The lowest BCUT2D eigenvalue weighted by Crippen LogP contribution is -2.54. The van der Waals surface area contributed by atoms with Gasteiger partial charge in [0.2, 0.25) is 5.91 Å². The molecule has 1 unspecified atom stereocenters. The summed E-state index contributed by atoms with van der Waals surface area (Å²) in [6.45, 7) is 4.46. The maximum atomic E-state index is 14.0. The molecule has 14 heteroatoms. The largest absolute Gasteiger partial charge is 0.382 e. The minimum atomic E-state index is -1.04. The molecule has 13 nitrogen and oxygen atoms in total.